The topological polar surface area (TPSA) is 55.4 Å². The summed E-state index contributed by atoms with van der Waals surface area (Å²) in [5.41, 5.74) is 2.53. The van der Waals surface area contributed by atoms with E-state index in [1.165, 1.54) is 0 Å². The Kier molecular flexibility index (Phi) is 4.06. The van der Waals surface area contributed by atoms with Crippen LogP contribution in [0.5, 0.6) is 0 Å². The third kappa shape index (κ3) is 2.93. The van der Waals surface area contributed by atoms with Gasteiger partial charge in [-0.1, -0.05) is 15.9 Å². The summed E-state index contributed by atoms with van der Waals surface area (Å²) < 4.78 is 12.2. The van der Waals surface area contributed by atoms with Crippen LogP contribution in [0.4, 0.5) is 0 Å². The maximum atomic E-state index is 12.6. The van der Waals surface area contributed by atoms with Crippen molar-refractivity contribution in [3.63, 3.8) is 0 Å². The van der Waals surface area contributed by atoms with Crippen molar-refractivity contribution < 1.29 is 13.6 Å². The molecule has 1 atom stereocenters. The molecule has 3 rings (SSSR count). The molecule has 23 heavy (non-hydrogen) atoms. The maximum Gasteiger partial charge on any atom is 0.287 e. The minimum Gasteiger partial charge on any atom is -0.466 e. The Bertz CT molecular complexity index is 891. The van der Waals surface area contributed by atoms with E-state index in [0.29, 0.717) is 11.3 Å². The average molecular weight is 376 g/mol. The zero-order chi connectivity index (χ0) is 16.7. The molecular formula is C18H18BrNO3. The zero-order valence-electron chi connectivity index (χ0n) is 13.5. The molecule has 3 aromatic rings. The number of hydrogen-bond acceptors (Lipinski definition) is 3. The second-order valence-corrected chi connectivity index (χ2v) is 6.68. The molecule has 0 bridgehead atoms. The first-order valence-corrected chi connectivity index (χ1v) is 8.22. The first-order valence-electron chi connectivity index (χ1n) is 7.43. The van der Waals surface area contributed by atoms with Gasteiger partial charge in [-0.25, -0.2) is 0 Å². The van der Waals surface area contributed by atoms with Crippen molar-refractivity contribution in [3.05, 3.63) is 57.1 Å². The Labute approximate surface area is 143 Å². The number of aryl methyl sites for hydroxylation is 3. The van der Waals surface area contributed by atoms with Crippen molar-refractivity contribution >= 4 is 32.8 Å². The fourth-order valence-corrected chi connectivity index (χ4v) is 3.19. The van der Waals surface area contributed by atoms with Gasteiger partial charge in [-0.2, -0.15) is 0 Å². The van der Waals surface area contributed by atoms with E-state index in [2.05, 4.69) is 21.2 Å². The van der Waals surface area contributed by atoms with Crippen molar-refractivity contribution in [2.75, 3.05) is 0 Å². The molecule has 4 nitrogen and oxygen atoms in total. The van der Waals surface area contributed by atoms with E-state index in [1.807, 2.05) is 52.0 Å². The molecular weight excluding hydrogens is 358 g/mol. The summed E-state index contributed by atoms with van der Waals surface area (Å²) in [6.45, 7) is 7.62. The van der Waals surface area contributed by atoms with Gasteiger partial charge in [0.2, 0.25) is 0 Å². The molecule has 0 aliphatic heterocycles. The minimum absolute atomic E-state index is 0.153. The number of rotatable bonds is 3. The van der Waals surface area contributed by atoms with Gasteiger partial charge in [-0.3, -0.25) is 4.79 Å². The summed E-state index contributed by atoms with van der Waals surface area (Å²) in [4.78, 5) is 12.6. The smallest absolute Gasteiger partial charge is 0.287 e. The minimum atomic E-state index is -0.222. The van der Waals surface area contributed by atoms with Crippen molar-refractivity contribution in [1.82, 2.24) is 5.32 Å². The van der Waals surface area contributed by atoms with Gasteiger partial charge in [0.1, 0.15) is 17.1 Å². The fraction of sp³-hybridized carbons (Fsp3) is 0.278. The van der Waals surface area contributed by atoms with Gasteiger partial charge in [-0.05, 0) is 52.0 Å². The first-order chi connectivity index (χ1) is 10.9. The normalized spacial score (nSPS) is 12.6. The number of halogens is 1. The standard InChI is InChI=1S/C18H18BrNO3/c1-9-7-15(12(4)22-9)11(3)20-18(21)17-10(2)14-8-13(19)5-6-16(14)23-17/h5-8,11H,1-4H3,(H,20,21). The Morgan fingerprint density at radius 3 is 2.57 bits per heavy atom. The third-order valence-corrected chi connectivity index (χ3v) is 4.49. The van der Waals surface area contributed by atoms with Crippen LogP contribution in [0.2, 0.25) is 0 Å². The van der Waals surface area contributed by atoms with Crippen molar-refractivity contribution in [3.8, 4) is 0 Å². The number of fused-ring (bicyclic) bond motifs is 1. The lowest BCUT2D eigenvalue weighted by Crippen LogP contribution is -2.26. The van der Waals surface area contributed by atoms with Crippen LogP contribution < -0.4 is 5.32 Å². The first kappa shape index (κ1) is 15.9. The summed E-state index contributed by atoms with van der Waals surface area (Å²) in [6.07, 6.45) is 0. The van der Waals surface area contributed by atoms with Crippen LogP contribution in [-0.4, -0.2) is 5.91 Å². The Balaban J connectivity index is 1.89. The number of nitrogens with one attached hydrogen (secondary N) is 1. The van der Waals surface area contributed by atoms with Crippen molar-refractivity contribution in [2.24, 2.45) is 0 Å². The molecule has 0 spiro atoms. The highest BCUT2D eigenvalue weighted by Gasteiger charge is 2.21. The van der Waals surface area contributed by atoms with Crippen LogP contribution in [0, 0.1) is 20.8 Å². The van der Waals surface area contributed by atoms with Gasteiger partial charge in [-0.15, -0.1) is 0 Å². The molecule has 1 aromatic carbocycles. The second kappa shape index (κ2) is 5.89. The Hall–Kier alpha value is -2.01. The highest BCUT2D eigenvalue weighted by molar-refractivity contribution is 9.10. The number of amides is 1. The van der Waals surface area contributed by atoms with E-state index in [1.54, 1.807) is 0 Å². The van der Waals surface area contributed by atoms with Crippen molar-refractivity contribution in [2.45, 2.75) is 33.7 Å². The highest BCUT2D eigenvalue weighted by Crippen LogP contribution is 2.29. The van der Waals surface area contributed by atoms with Gasteiger partial charge in [0.25, 0.3) is 5.91 Å². The molecule has 0 fully saturated rings. The van der Waals surface area contributed by atoms with E-state index in [9.17, 15) is 4.79 Å². The van der Waals surface area contributed by atoms with Crippen LogP contribution >= 0.6 is 15.9 Å². The van der Waals surface area contributed by atoms with Crippen LogP contribution in [0.15, 0.2) is 37.6 Å². The van der Waals surface area contributed by atoms with Gasteiger partial charge < -0.3 is 14.2 Å². The van der Waals surface area contributed by atoms with Crippen molar-refractivity contribution in [1.29, 1.82) is 0 Å². The number of benzene rings is 1. The lowest BCUT2D eigenvalue weighted by Gasteiger charge is -2.12. The lowest BCUT2D eigenvalue weighted by atomic mass is 10.1. The zero-order valence-corrected chi connectivity index (χ0v) is 15.1. The maximum absolute atomic E-state index is 12.6. The van der Waals surface area contributed by atoms with Crippen LogP contribution in [0.25, 0.3) is 11.0 Å². The summed E-state index contributed by atoms with van der Waals surface area (Å²) in [6, 6.07) is 7.50. The molecule has 0 aliphatic rings. The predicted octanol–water partition coefficient (Wildman–Crippen LogP) is 5.20. The van der Waals surface area contributed by atoms with E-state index >= 15 is 0 Å². The molecule has 2 aromatic heterocycles. The quantitative estimate of drug-likeness (QED) is 0.683. The molecule has 0 saturated carbocycles. The number of carbonyl (C=O) groups excluding carboxylic acids is 1. The molecule has 1 amide bonds. The summed E-state index contributed by atoms with van der Waals surface area (Å²) >= 11 is 3.44. The van der Waals surface area contributed by atoms with Crippen LogP contribution in [-0.2, 0) is 0 Å². The molecule has 0 saturated heterocycles. The molecule has 1 unspecified atom stereocenters. The molecule has 0 aliphatic carbocycles. The lowest BCUT2D eigenvalue weighted by molar-refractivity contribution is 0.0913. The summed E-state index contributed by atoms with van der Waals surface area (Å²) in [5, 5.41) is 3.92. The highest BCUT2D eigenvalue weighted by atomic mass is 79.9. The van der Waals surface area contributed by atoms with E-state index in [4.69, 9.17) is 8.83 Å². The van der Waals surface area contributed by atoms with E-state index in [0.717, 1.165) is 32.5 Å². The number of hydrogen-bond donors (Lipinski definition) is 1. The fourth-order valence-electron chi connectivity index (χ4n) is 2.83. The average Bonchev–Trinajstić information content (AvgIpc) is 2.99. The largest absolute Gasteiger partial charge is 0.466 e. The Morgan fingerprint density at radius 1 is 1.17 bits per heavy atom. The molecule has 0 radical (unpaired) electrons. The second-order valence-electron chi connectivity index (χ2n) is 5.76. The van der Waals surface area contributed by atoms with E-state index < -0.39 is 0 Å². The van der Waals surface area contributed by atoms with Crippen LogP contribution in [0.3, 0.4) is 0 Å². The third-order valence-electron chi connectivity index (χ3n) is 4.00. The van der Waals surface area contributed by atoms with E-state index in [-0.39, 0.29) is 11.9 Å². The molecule has 2 heterocycles. The van der Waals surface area contributed by atoms with Crippen LogP contribution in [0.1, 0.15) is 46.2 Å². The number of carbonyl (C=O) groups is 1. The van der Waals surface area contributed by atoms with Gasteiger partial charge in [0.15, 0.2) is 5.76 Å². The summed E-state index contributed by atoms with van der Waals surface area (Å²) in [7, 11) is 0. The molecule has 1 N–H and O–H groups in total. The predicted molar refractivity (Wildman–Crippen MR) is 92.7 cm³/mol. The molecule has 5 heteroatoms. The molecule has 120 valence electrons. The van der Waals surface area contributed by atoms with Gasteiger partial charge in [0, 0.05) is 21.0 Å². The van der Waals surface area contributed by atoms with Gasteiger partial charge >= 0.3 is 0 Å². The number of furan rings is 2. The monoisotopic (exact) mass is 375 g/mol. The Morgan fingerprint density at radius 2 is 1.91 bits per heavy atom. The van der Waals surface area contributed by atoms with Gasteiger partial charge in [0.05, 0.1) is 6.04 Å². The SMILES string of the molecule is Cc1cc(C(C)NC(=O)c2oc3ccc(Br)cc3c2C)c(C)o1. The summed E-state index contributed by atoms with van der Waals surface area (Å²) in [5.74, 6) is 1.78.